The molecule has 2 amide bonds. The minimum atomic E-state index is -0.444. The number of hydrogen-bond acceptors (Lipinski definition) is 6. The van der Waals surface area contributed by atoms with Crippen molar-refractivity contribution in [1.82, 2.24) is 20.8 Å². The van der Waals surface area contributed by atoms with Crippen LogP contribution in [0.2, 0.25) is 0 Å². The molecule has 0 spiro atoms. The van der Waals surface area contributed by atoms with Crippen LogP contribution in [0, 0.1) is 13.8 Å². The Bertz CT molecular complexity index is 952. The highest BCUT2D eigenvalue weighted by atomic mass is 32.1. The highest BCUT2D eigenvalue weighted by Crippen LogP contribution is 2.21. The second-order valence-electron chi connectivity index (χ2n) is 6.24. The second-order valence-corrected chi connectivity index (χ2v) is 7.10. The first-order valence-corrected chi connectivity index (χ1v) is 9.52. The highest BCUT2D eigenvalue weighted by Gasteiger charge is 2.11. The van der Waals surface area contributed by atoms with Crippen molar-refractivity contribution < 1.29 is 14.3 Å². The number of aryl methyl sites for hydroxylation is 2. The Morgan fingerprint density at radius 2 is 1.82 bits per heavy atom. The van der Waals surface area contributed by atoms with Crippen LogP contribution in [0.1, 0.15) is 16.8 Å². The summed E-state index contributed by atoms with van der Waals surface area (Å²) in [5.41, 5.74) is 8.19. The summed E-state index contributed by atoms with van der Waals surface area (Å²) < 4.78 is 5.45. The van der Waals surface area contributed by atoms with E-state index in [9.17, 15) is 9.59 Å². The first-order valence-electron chi connectivity index (χ1n) is 8.64. The third-order valence-corrected chi connectivity index (χ3v) is 4.60. The lowest BCUT2D eigenvalue weighted by Crippen LogP contribution is -2.44. The van der Waals surface area contributed by atoms with E-state index >= 15 is 0 Å². The van der Waals surface area contributed by atoms with Crippen LogP contribution in [0.25, 0.3) is 10.7 Å². The largest absolute Gasteiger partial charge is 0.484 e. The van der Waals surface area contributed by atoms with Gasteiger partial charge >= 0.3 is 0 Å². The van der Waals surface area contributed by atoms with E-state index in [4.69, 9.17) is 4.74 Å². The molecule has 0 aliphatic carbocycles. The van der Waals surface area contributed by atoms with Crippen molar-refractivity contribution in [3.8, 4) is 16.5 Å². The third-order valence-electron chi connectivity index (χ3n) is 3.68. The molecule has 0 atom stereocenters. The van der Waals surface area contributed by atoms with Crippen LogP contribution < -0.4 is 15.6 Å². The fourth-order valence-corrected chi connectivity index (χ4v) is 3.34. The van der Waals surface area contributed by atoms with Crippen molar-refractivity contribution in [3.63, 3.8) is 0 Å². The summed E-state index contributed by atoms with van der Waals surface area (Å²) in [6.45, 7) is 3.72. The summed E-state index contributed by atoms with van der Waals surface area (Å²) in [6, 6.07) is 11.3. The van der Waals surface area contributed by atoms with Crippen LogP contribution in [0.5, 0.6) is 5.75 Å². The van der Waals surface area contributed by atoms with Crippen molar-refractivity contribution in [2.45, 2.75) is 20.3 Å². The maximum atomic E-state index is 12.0. The lowest BCUT2D eigenvalue weighted by Gasteiger charge is -2.09. The predicted octanol–water partition coefficient (Wildman–Crippen LogP) is 2.59. The number of carbonyl (C=O) groups excluding carboxylic acids is 2. The number of amides is 2. The monoisotopic (exact) mass is 396 g/mol. The summed E-state index contributed by atoms with van der Waals surface area (Å²) in [5, 5.41) is 2.54. The average Bonchev–Trinajstić information content (AvgIpc) is 3.13. The zero-order chi connectivity index (χ0) is 19.9. The van der Waals surface area contributed by atoms with Crippen LogP contribution in [-0.4, -0.2) is 28.4 Å². The van der Waals surface area contributed by atoms with Crippen molar-refractivity contribution in [2.24, 2.45) is 0 Å². The lowest BCUT2D eigenvalue weighted by atomic mass is 10.1. The molecule has 0 aliphatic rings. The molecular weight excluding hydrogens is 376 g/mol. The molecule has 3 aromatic rings. The highest BCUT2D eigenvalue weighted by molar-refractivity contribution is 7.13. The van der Waals surface area contributed by atoms with Crippen LogP contribution >= 0.6 is 11.3 Å². The topological polar surface area (TPSA) is 93.2 Å². The molecule has 0 saturated carbocycles. The minimum absolute atomic E-state index is 0.0571. The van der Waals surface area contributed by atoms with E-state index in [1.807, 2.05) is 50.2 Å². The van der Waals surface area contributed by atoms with E-state index in [1.165, 1.54) is 11.3 Å². The fourth-order valence-electron chi connectivity index (χ4n) is 2.54. The maximum Gasteiger partial charge on any atom is 0.276 e. The van der Waals surface area contributed by atoms with E-state index in [2.05, 4.69) is 20.8 Å². The number of thiazole rings is 1. The number of hydrazine groups is 1. The number of pyridine rings is 1. The zero-order valence-corrected chi connectivity index (χ0v) is 16.4. The summed E-state index contributed by atoms with van der Waals surface area (Å²) in [6.07, 6.45) is 1.75. The molecule has 2 heterocycles. The van der Waals surface area contributed by atoms with E-state index < -0.39 is 5.91 Å². The van der Waals surface area contributed by atoms with E-state index in [-0.39, 0.29) is 18.9 Å². The van der Waals surface area contributed by atoms with E-state index in [0.29, 0.717) is 11.4 Å². The Morgan fingerprint density at radius 1 is 1.07 bits per heavy atom. The second kappa shape index (κ2) is 9.09. The molecule has 0 bridgehead atoms. The predicted molar refractivity (Wildman–Crippen MR) is 107 cm³/mol. The molecule has 0 radical (unpaired) electrons. The Balaban J connectivity index is 1.44. The van der Waals surface area contributed by atoms with Gasteiger partial charge in [0.15, 0.2) is 6.61 Å². The van der Waals surface area contributed by atoms with Gasteiger partial charge in [0.25, 0.3) is 5.91 Å². The first-order chi connectivity index (χ1) is 13.5. The standard InChI is InChI=1S/C20H20N4O3S/c1-13-7-14(2)9-16(8-13)27-11-19(26)24-23-18(25)10-15-12-28-20(22-15)17-5-3-4-6-21-17/h3-9,12H,10-11H2,1-2H3,(H,23,25)(H,24,26). The number of carbonyl (C=O) groups is 2. The Kier molecular flexibility index (Phi) is 6.33. The molecule has 28 heavy (non-hydrogen) atoms. The molecule has 1 aromatic carbocycles. The van der Waals surface area contributed by atoms with Crippen molar-refractivity contribution in [2.75, 3.05) is 6.61 Å². The smallest absolute Gasteiger partial charge is 0.276 e. The number of ether oxygens (including phenoxy) is 1. The number of hydrogen-bond donors (Lipinski definition) is 2. The third kappa shape index (κ3) is 5.62. The van der Waals surface area contributed by atoms with Gasteiger partial charge in [0.05, 0.1) is 17.8 Å². The van der Waals surface area contributed by atoms with Gasteiger partial charge in [-0.25, -0.2) is 4.98 Å². The molecule has 0 aliphatic heterocycles. The Morgan fingerprint density at radius 3 is 2.54 bits per heavy atom. The van der Waals surface area contributed by atoms with Crippen molar-refractivity contribution >= 4 is 23.2 Å². The number of nitrogens with one attached hydrogen (secondary N) is 2. The van der Waals surface area contributed by atoms with Crippen LogP contribution in [0.3, 0.4) is 0 Å². The summed E-state index contributed by atoms with van der Waals surface area (Å²) in [5.74, 6) is -0.193. The molecule has 3 rings (SSSR count). The van der Waals surface area contributed by atoms with Crippen LogP contribution in [-0.2, 0) is 16.0 Å². The van der Waals surface area contributed by atoms with Gasteiger partial charge in [-0.1, -0.05) is 12.1 Å². The lowest BCUT2D eigenvalue weighted by molar-refractivity contribution is -0.129. The average molecular weight is 396 g/mol. The number of benzene rings is 1. The van der Waals surface area contributed by atoms with Gasteiger partial charge in [-0.3, -0.25) is 25.4 Å². The van der Waals surface area contributed by atoms with Crippen molar-refractivity contribution in [3.05, 3.63) is 64.8 Å². The molecule has 2 N–H and O–H groups in total. The molecule has 0 unspecified atom stereocenters. The summed E-state index contributed by atoms with van der Waals surface area (Å²) in [7, 11) is 0. The zero-order valence-electron chi connectivity index (χ0n) is 15.6. The van der Waals surface area contributed by atoms with Gasteiger partial charge in [0, 0.05) is 11.6 Å². The quantitative estimate of drug-likeness (QED) is 0.625. The fraction of sp³-hybridized carbons (Fsp3) is 0.200. The number of nitrogens with zero attached hydrogens (tertiary/aromatic N) is 2. The van der Waals surface area contributed by atoms with Crippen LogP contribution in [0.15, 0.2) is 48.0 Å². The number of rotatable bonds is 6. The molecule has 7 nitrogen and oxygen atoms in total. The van der Waals surface area contributed by atoms with Gasteiger partial charge in [-0.15, -0.1) is 11.3 Å². The molecule has 2 aromatic heterocycles. The first kappa shape index (κ1) is 19.5. The summed E-state index contributed by atoms with van der Waals surface area (Å²) in [4.78, 5) is 32.5. The van der Waals surface area contributed by atoms with E-state index in [1.54, 1.807) is 11.6 Å². The van der Waals surface area contributed by atoms with Crippen LogP contribution in [0.4, 0.5) is 0 Å². The Labute approximate surface area is 166 Å². The normalized spacial score (nSPS) is 10.4. The van der Waals surface area contributed by atoms with Gasteiger partial charge in [-0.05, 0) is 49.2 Å². The minimum Gasteiger partial charge on any atom is -0.484 e. The van der Waals surface area contributed by atoms with E-state index in [0.717, 1.165) is 21.8 Å². The van der Waals surface area contributed by atoms with Crippen molar-refractivity contribution in [1.29, 1.82) is 0 Å². The SMILES string of the molecule is Cc1cc(C)cc(OCC(=O)NNC(=O)Cc2csc(-c3ccccn3)n2)c1. The van der Waals surface area contributed by atoms with Gasteiger partial charge in [0.2, 0.25) is 5.91 Å². The van der Waals surface area contributed by atoms with Gasteiger partial charge in [-0.2, -0.15) is 0 Å². The summed E-state index contributed by atoms with van der Waals surface area (Å²) >= 11 is 1.42. The molecule has 144 valence electrons. The number of aromatic nitrogens is 2. The molecule has 0 fully saturated rings. The Hall–Kier alpha value is -3.26. The molecular formula is C20H20N4O3S. The van der Waals surface area contributed by atoms with Gasteiger partial charge < -0.3 is 4.74 Å². The van der Waals surface area contributed by atoms with Gasteiger partial charge in [0.1, 0.15) is 10.8 Å². The molecule has 8 heteroatoms. The maximum absolute atomic E-state index is 12.0. The molecule has 0 saturated heterocycles.